The molecule has 0 spiro atoms. The van der Waals surface area contributed by atoms with Gasteiger partial charge in [0.15, 0.2) is 0 Å². The van der Waals surface area contributed by atoms with Gasteiger partial charge in [0.05, 0.1) is 11.7 Å². The second kappa shape index (κ2) is 9.90. The molecule has 2 atom stereocenters. The fourth-order valence-electron chi connectivity index (χ4n) is 2.24. The lowest BCUT2D eigenvalue weighted by molar-refractivity contribution is -0.192. The Balaban J connectivity index is 0.000000412. The molecule has 0 aliphatic heterocycles. The maximum atomic E-state index is 10.7. The number of carboxylic acid groups (broad SMARTS) is 2. The molecule has 0 radical (unpaired) electrons. The second-order valence-corrected chi connectivity index (χ2v) is 5.78. The molecule has 146 valence electrons. The van der Waals surface area contributed by atoms with Gasteiger partial charge in [0.1, 0.15) is 6.04 Å². The van der Waals surface area contributed by atoms with Crippen LogP contribution in [-0.2, 0) is 16.0 Å². The molecule has 1 heterocycles. The predicted octanol–water partition coefficient (Wildman–Crippen LogP) is 1.93. The van der Waals surface area contributed by atoms with Crippen molar-refractivity contribution in [2.45, 2.75) is 56.8 Å². The molecule has 1 aromatic rings. The third kappa shape index (κ3) is 7.64. The number of rotatable bonds is 4. The summed E-state index contributed by atoms with van der Waals surface area (Å²) in [6.07, 6.45) is 7.12. The molecule has 0 saturated carbocycles. The molecule has 0 aromatic carbocycles. The first kappa shape index (κ1) is 21.6. The summed E-state index contributed by atoms with van der Waals surface area (Å²) in [6.45, 7) is 0. The lowest BCUT2D eigenvalue weighted by atomic mass is 10.0. The zero-order chi connectivity index (χ0) is 19.7. The van der Waals surface area contributed by atoms with Gasteiger partial charge in [0, 0.05) is 12.6 Å². The van der Waals surface area contributed by atoms with Crippen molar-refractivity contribution < 1.29 is 33.0 Å². The highest BCUT2D eigenvalue weighted by atomic mass is 19.4. The Bertz CT molecular complexity index is 631. The molecule has 2 unspecified atom stereocenters. The van der Waals surface area contributed by atoms with Crippen LogP contribution < -0.4 is 5.73 Å². The Morgan fingerprint density at radius 3 is 2.54 bits per heavy atom. The van der Waals surface area contributed by atoms with E-state index in [1.165, 1.54) is 19.3 Å². The van der Waals surface area contributed by atoms with E-state index in [-0.39, 0.29) is 12.5 Å². The molecule has 1 aromatic heterocycles. The van der Waals surface area contributed by atoms with E-state index in [1.54, 1.807) is 6.20 Å². The van der Waals surface area contributed by atoms with Gasteiger partial charge in [-0.25, -0.2) is 9.48 Å². The minimum Gasteiger partial charge on any atom is -0.480 e. The van der Waals surface area contributed by atoms with Crippen LogP contribution in [0.4, 0.5) is 13.2 Å². The number of aliphatic carboxylic acids is 2. The molecule has 8 nitrogen and oxygen atoms in total. The minimum absolute atomic E-state index is 0.214. The normalized spacial score (nSPS) is 20.1. The van der Waals surface area contributed by atoms with Crippen LogP contribution >= 0.6 is 0 Å². The van der Waals surface area contributed by atoms with Crippen molar-refractivity contribution in [3.63, 3.8) is 0 Å². The quantitative estimate of drug-likeness (QED) is 0.682. The Morgan fingerprint density at radius 2 is 1.96 bits per heavy atom. The number of allylic oxidation sites excluding steroid dienone is 2. The molecule has 26 heavy (non-hydrogen) atoms. The molecule has 1 aliphatic rings. The van der Waals surface area contributed by atoms with Gasteiger partial charge in [-0.1, -0.05) is 30.2 Å². The predicted molar refractivity (Wildman–Crippen MR) is 84.3 cm³/mol. The van der Waals surface area contributed by atoms with Crippen LogP contribution in [0.15, 0.2) is 18.3 Å². The van der Waals surface area contributed by atoms with Gasteiger partial charge in [0.25, 0.3) is 0 Å². The minimum atomic E-state index is -5.08. The van der Waals surface area contributed by atoms with Crippen molar-refractivity contribution in [2.75, 3.05) is 0 Å². The van der Waals surface area contributed by atoms with Crippen molar-refractivity contribution >= 4 is 11.9 Å². The number of nitrogens with two attached hydrogens (primary N) is 1. The van der Waals surface area contributed by atoms with Crippen molar-refractivity contribution in [1.29, 1.82) is 0 Å². The molecule has 11 heteroatoms. The average molecular weight is 378 g/mol. The van der Waals surface area contributed by atoms with Crippen molar-refractivity contribution in [3.8, 4) is 0 Å². The van der Waals surface area contributed by atoms with Gasteiger partial charge in [-0.2, -0.15) is 13.2 Å². The average Bonchev–Trinajstić information content (AvgIpc) is 2.94. The van der Waals surface area contributed by atoms with Gasteiger partial charge >= 0.3 is 18.1 Å². The molecule has 4 N–H and O–H groups in total. The number of aromatic nitrogens is 3. The molecule has 2 rings (SSSR count). The number of hydrogen-bond donors (Lipinski definition) is 3. The largest absolute Gasteiger partial charge is 0.490 e. The van der Waals surface area contributed by atoms with Crippen LogP contribution in [0, 0.1) is 0 Å². The molecular formula is C15H21F3N4O4. The lowest BCUT2D eigenvalue weighted by Crippen LogP contribution is -2.32. The summed E-state index contributed by atoms with van der Waals surface area (Å²) >= 11 is 0. The number of nitrogens with zero attached hydrogens (tertiary/aromatic N) is 3. The number of alkyl halides is 3. The van der Waals surface area contributed by atoms with Gasteiger partial charge in [0.2, 0.25) is 0 Å². The van der Waals surface area contributed by atoms with E-state index >= 15 is 0 Å². The number of carboxylic acids is 2. The van der Waals surface area contributed by atoms with Crippen LogP contribution in [0.25, 0.3) is 0 Å². The van der Waals surface area contributed by atoms with Crippen molar-refractivity contribution in [1.82, 2.24) is 15.0 Å². The highest BCUT2D eigenvalue weighted by Gasteiger charge is 2.38. The fraction of sp³-hybridized carbons (Fsp3) is 0.600. The van der Waals surface area contributed by atoms with E-state index in [9.17, 15) is 18.0 Å². The topological polar surface area (TPSA) is 131 Å². The van der Waals surface area contributed by atoms with Crippen molar-refractivity contribution in [3.05, 3.63) is 24.0 Å². The Hall–Kier alpha value is -2.43. The summed E-state index contributed by atoms with van der Waals surface area (Å²) in [4.78, 5) is 19.6. The van der Waals surface area contributed by atoms with Crippen LogP contribution in [0.1, 0.15) is 43.8 Å². The lowest BCUT2D eigenvalue weighted by Gasteiger charge is -2.14. The molecule has 0 bridgehead atoms. The SMILES string of the molecule is NC(Cc1cn(C2/C=C\CCCCC2)nn1)C(=O)O.O=C(O)C(F)(F)F. The third-order valence-corrected chi connectivity index (χ3v) is 3.62. The number of hydrogen-bond acceptors (Lipinski definition) is 5. The molecule has 0 amide bonds. The Morgan fingerprint density at radius 1 is 1.31 bits per heavy atom. The zero-order valence-corrected chi connectivity index (χ0v) is 13.9. The van der Waals surface area contributed by atoms with E-state index in [2.05, 4.69) is 22.5 Å². The number of carbonyl (C=O) groups is 2. The van der Waals surface area contributed by atoms with E-state index < -0.39 is 24.2 Å². The first-order valence-corrected chi connectivity index (χ1v) is 7.97. The summed E-state index contributed by atoms with van der Waals surface area (Å²) in [6, 6.07) is -0.694. The molecule has 0 fully saturated rings. The van der Waals surface area contributed by atoms with Crippen LogP contribution in [-0.4, -0.2) is 49.4 Å². The van der Waals surface area contributed by atoms with Gasteiger partial charge < -0.3 is 15.9 Å². The maximum Gasteiger partial charge on any atom is 0.490 e. The second-order valence-electron chi connectivity index (χ2n) is 5.78. The standard InChI is InChI=1S/C13H20N4O2.C2HF3O2/c14-12(13(18)19)8-10-9-17(16-15-10)11-6-4-2-1-3-5-7-11;3-2(4,5)1(6)7/h4,6,9,11-12H,1-3,5,7-8,14H2,(H,18,19);(H,6,7)/b6-4-;. The van der Waals surface area contributed by atoms with Crippen LogP contribution in [0.2, 0.25) is 0 Å². The highest BCUT2D eigenvalue weighted by Crippen LogP contribution is 2.20. The van der Waals surface area contributed by atoms with E-state index in [0.29, 0.717) is 5.69 Å². The maximum absolute atomic E-state index is 10.7. The Kier molecular flexibility index (Phi) is 8.23. The summed E-state index contributed by atoms with van der Waals surface area (Å²) in [5.74, 6) is -3.77. The fourth-order valence-corrected chi connectivity index (χ4v) is 2.24. The van der Waals surface area contributed by atoms with Gasteiger partial charge in [-0.15, -0.1) is 5.10 Å². The molecule has 0 saturated heterocycles. The summed E-state index contributed by atoms with van der Waals surface area (Å²) < 4.78 is 33.5. The third-order valence-electron chi connectivity index (χ3n) is 3.62. The summed E-state index contributed by atoms with van der Waals surface area (Å²) in [5.41, 5.74) is 6.12. The van der Waals surface area contributed by atoms with Crippen molar-refractivity contribution in [2.24, 2.45) is 5.73 Å². The summed E-state index contributed by atoms with van der Waals surface area (Å²) in [5, 5.41) is 24.0. The Labute approximate surface area is 147 Å². The van der Waals surface area contributed by atoms with Gasteiger partial charge in [-0.05, 0) is 19.3 Å². The summed E-state index contributed by atoms with van der Waals surface area (Å²) in [7, 11) is 0. The van der Waals surface area contributed by atoms with E-state index in [0.717, 1.165) is 12.8 Å². The van der Waals surface area contributed by atoms with Crippen LogP contribution in [0.5, 0.6) is 0 Å². The smallest absolute Gasteiger partial charge is 0.480 e. The van der Waals surface area contributed by atoms with Gasteiger partial charge in [-0.3, -0.25) is 4.79 Å². The van der Waals surface area contributed by atoms with E-state index in [1.807, 2.05) is 4.68 Å². The number of halogens is 3. The molecular weight excluding hydrogens is 357 g/mol. The molecule has 1 aliphatic carbocycles. The van der Waals surface area contributed by atoms with Crippen LogP contribution in [0.3, 0.4) is 0 Å². The first-order chi connectivity index (χ1) is 12.1. The monoisotopic (exact) mass is 378 g/mol. The first-order valence-electron chi connectivity index (χ1n) is 7.97. The zero-order valence-electron chi connectivity index (χ0n) is 13.9. The highest BCUT2D eigenvalue weighted by molar-refractivity contribution is 5.73. The van der Waals surface area contributed by atoms with E-state index in [4.69, 9.17) is 20.7 Å².